The second-order valence-corrected chi connectivity index (χ2v) is 9.45. The van der Waals surface area contributed by atoms with Crippen molar-refractivity contribution in [1.29, 1.82) is 0 Å². The van der Waals surface area contributed by atoms with Crippen LogP contribution in [0.2, 0.25) is 5.02 Å². The first-order valence-corrected chi connectivity index (χ1v) is 10.8. The lowest BCUT2D eigenvalue weighted by Gasteiger charge is -2.23. The van der Waals surface area contributed by atoms with Crippen molar-refractivity contribution in [3.63, 3.8) is 0 Å². The van der Waals surface area contributed by atoms with Crippen LogP contribution in [0, 0.1) is 0 Å². The van der Waals surface area contributed by atoms with Gasteiger partial charge < -0.3 is 0 Å². The zero-order valence-electron chi connectivity index (χ0n) is 13.6. The predicted octanol–water partition coefficient (Wildman–Crippen LogP) is 3.81. The standard InChI is InChI=1S/C14H19ClNO6PS/c1-4-20-23(17,21-5-2)22-16-13-8-10(3)24(18,19)14-7-6-11(15)9-12(13)14/h6-7,9-10H,4-5,8H2,1-3H3/t10-/m0/s1. The number of fused-ring (bicyclic) bond motifs is 1. The fraction of sp³-hybridized carbons (Fsp3) is 0.500. The second kappa shape index (κ2) is 7.54. The summed E-state index contributed by atoms with van der Waals surface area (Å²) in [5.74, 6) is 0. The molecule has 0 bridgehead atoms. The van der Waals surface area contributed by atoms with Crippen molar-refractivity contribution in [1.82, 2.24) is 0 Å². The Morgan fingerprint density at radius 1 is 1.29 bits per heavy atom. The van der Waals surface area contributed by atoms with Crippen molar-refractivity contribution in [2.45, 2.75) is 37.3 Å². The van der Waals surface area contributed by atoms with E-state index in [1.54, 1.807) is 20.8 Å². The normalized spacial score (nSPS) is 21.5. The fourth-order valence-electron chi connectivity index (χ4n) is 2.27. The average molecular weight is 396 g/mol. The molecule has 10 heteroatoms. The van der Waals surface area contributed by atoms with Gasteiger partial charge in [-0.25, -0.2) is 13.0 Å². The molecular formula is C14H19ClNO6PS. The van der Waals surface area contributed by atoms with Crippen molar-refractivity contribution in [3.05, 3.63) is 28.8 Å². The molecule has 1 heterocycles. The maximum absolute atomic E-state index is 12.4. The Kier molecular flexibility index (Phi) is 6.09. The van der Waals surface area contributed by atoms with E-state index in [0.717, 1.165) is 0 Å². The Hall–Kier alpha value is -0.920. The van der Waals surface area contributed by atoms with Crippen molar-refractivity contribution in [2.24, 2.45) is 5.16 Å². The quantitative estimate of drug-likeness (QED) is 0.537. The van der Waals surface area contributed by atoms with Crippen LogP contribution >= 0.6 is 19.4 Å². The van der Waals surface area contributed by atoms with Crippen LogP contribution in [-0.2, 0) is 28.1 Å². The minimum atomic E-state index is -3.83. The van der Waals surface area contributed by atoms with Crippen LogP contribution in [0.3, 0.4) is 0 Å². The lowest BCUT2D eigenvalue weighted by atomic mass is 10.1. The lowest BCUT2D eigenvalue weighted by molar-refractivity contribution is 0.124. The number of halogens is 1. The Balaban J connectivity index is 2.44. The summed E-state index contributed by atoms with van der Waals surface area (Å²) in [5.41, 5.74) is 0.662. The van der Waals surface area contributed by atoms with Gasteiger partial charge in [0.05, 0.1) is 29.1 Å². The molecule has 0 saturated carbocycles. The maximum Gasteiger partial charge on any atom is 0.550 e. The summed E-state index contributed by atoms with van der Waals surface area (Å²) >= 11 is 5.97. The highest BCUT2D eigenvalue weighted by atomic mass is 35.5. The van der Waals surface area contributed by atoms with Crippen LogP contribution in [-0.4, -0.2) is 32.6 Å². The zero-order valence-corrected chi connectivity index (χ0v) is 16.0. The summed E-state index contributed by atoms with van der Waals surface area (Å²) in [6.45, 7) is 5.11. The van der Waals surface area contributed by atoms with Gasteiger partial charge in [-0.2, -0.15) is 0 Å². The molecule has 0 N–H and O–H groups in total. The number of hydrogen-bond donors (Lipinski definition) is 0. The van der Waals surface area contributed by atoms with Gasteiger partial charge >= 0.3 is 7.82 Å². The number of nitrogens with zero attached hydrogens (tertiary/aromatic N) is 1. The van der Waals surface area contributed by atoms with Gasteiger partial charge in [-0.3, -0.25) is 13.7 Å². The number of rotatable bonds is 6. The fourth-order valence-corrected chi connectivity index (χ4v) is 4.99. The van der Waals surface area contributed by atoms with Gasteiger partial charge in [-0.1, -0.05) is 16.8 Å². The summed E-state index contributed by atoms with van der Waals surface area (Å²) in [7, 11) is -7.30. The summed E-state index contributed by atoms with van der Waals surface area (Å²) in [6, 6.07) is 4.43. The van der Waals surface area contributed by atoms with E-state index in [-0.39, 0.29) is 24.5 Å². The van der Waals surface area contributed by atoms with Gasteiger partial charge in [0, 0.05) is 17.0 Å². The molecule has 134 valence electrons. The van der Waals surface area contributed by atoms with Gasteiger partial charge in [0.1, 0.15) is 0 Å². The SMILES string of the molecule is CCOP(=O)(OCC)ON=C1C[C@H](C)S(=O)(=O)c2ccc(Cl)cc21. The number of sulfone groups is 1. The molecule has 0 aromatic heterocycles. The van der Waals surface area contributed by atoms with Gasteiger partial charge in [0.15, 0.2) is 9.84 Å². The molecule has 0 spiro atoms. The maximum atomic E-state index is 12.4. The third-order valence-corrected chi connectivity index (χ3v) is 7.26. The highest BCUT2D eigenvalue weighted by Gasteiger charge is 2.36. The molecule has 1 aromatic rings. The molecule has 1 atom stereocenters. The molecule has 0 saturated heterocycles. The molecule has 1 aliphatic rings. The number of oxime groups is 1. The van der Waals surface area contributed by atoms with Crippen LogP contribution in [0.25, 0.3) is 0 Å². The second-order valence-electron chi connectivity index (χ2n) is 5.10. The van der Waals surface area contributed by atoms with E-state index in [2.05, 4.69) is 5.16 Å². The molecule has 0 fully saturated rings. The monoisotopic (exact) mass is 395 g/mol. The Morgan fingerprint density at radius 2 is 1.92 bits per heavy atom. The highest BCUT2D eigenvalue weighted by molar-refractivity contribution is 7.92. The van der Waals surface area contributed by atoms with E-state index in [0.29, 0.717) is 16.3 Å². The van der Waals surface area contributed by atoms with Crippen LogP contribution in [0.4, 0.5) is 0 Å². The van der Waals surface area contributed by atoms with Crippen molar-refractivity contribution in [3.8, 4) is 0 Å². The van der Waals surface area contributed by atoms with E-state index in [9.17, 15) is 13.0 Å². The first kappa shape index (κ1) is 19.4. The molecule has 0 unspecified atom stereocenters. The molecule has 2 rings (SSSR count). The van der Waals surface area contributed by atoms with Gasteiger partial charge in [-0.15, -0.1) is 0 Å². The number of phosphoric ester groups is 1. The minimum Gasteiger partial charge on any atom is -0.292 e. The topological polar surface area (TPSA) is 91.3 Å². The Labute approximate surface area is 146 Å². The molecule has 7 nitrogen and oxygen atoms in total. The molecule has 1 aromatic carbocycles. The predicted molar refractivity (Wildman–Crippen MR) is 91.2 cm³/mol. The highest BCUT2D eigenvalue weighted by Crippen LogP contribution is 2.49. The minimum absolute atomic E-state index is 0.105. The lowest BCUT2D eigenvalue weighted by Crippen LogP contribution is -2.29. The third kappa shape index (κ3) is 4.00. The van der Waals surface area contributed by atoms with Gasteiger partial charge in [0.2, 0.25) is 0 Å². The zero-order chi connectivity index (χ0) is 18.0. The van der Waals surface area contributed by atoms with E-state index in [4.69, 9.17) is 25.3 Å². The van der Waals surface area contributed by atoms with Crippen molar-refractivity contribution >= 4 is 35.0 Å². The van der Waals surface area contributed by atoms with E-state index < -0.39 is 22.9 Å². The van der Waals surface area contributed by atoms with E-state index >= 15 is 0 Å². The van der Waals surface area contributed by atoms with Crippen LogP contribution in [0.1, 0.15) is 32.8 Å². The van der Waals surface area contributed by atoms with Crippen molar-refractivity contribution in [2.75, 3.05) is 13.2 Å². The molecular weight excluding hydrogens is 377 g/mol. The molecule has 0 radical (unpaired) electrons. The summed E-state index contributed by atoms with van der Waals surface area (Å²) in [4.78, 5) is 0.121. The summed E-state index contributed by atoms with van der Waals surface area (Å²) in [5, 5.41) is 3.55. The third-order valence-electron chi connectivity index (χ3n) is 3.40. The van der Waals surface area contributed by atoms with Crippen LogP contribution in [0.15, 0.2) is 28.3 Å². The number of benzene rings is 1. The summed E-state index contributed by atoms with van der Waals surface area (Å²) < 4.78 is 52.2. The Morgan fingerprint density at radius 3 is 2.50 bits per heavy atom. The summed E-state index contributed by atoms with van der Waals surface area (Å²) in [6.07, 6.45) is 0.105. The average Bonchev–Trinajstić information content (AvgIpc) is 2.50. The first-order valence-electron chi connectivity index (χ1n) is 7.42. The first-order chi connectivity index (χ1) is 11.2. The molecule has 0 aliphatic carbocycles. The van der Waals surface area contributed by atoms with Crippen molar-refractivity contribution < 1.29 is 26.7 Å². The van der Waals surface area contributed by atoms with E-state index in [1.165, 1.54) is 18.2 Å². The Bertz CT molecular complexity index is 784. The van der Waals surface area contributed by atoms with Gasteiger partial charge in [-0.05, 0) is 39.0 Å². The molecule has 1 aliphatic heterocycles. The van der Waals surface area contributed by atoms with Crippen LogP contribution in [0.5, 0.6) is 0 Å². The van der Waals surface area contributed by atoms with Gasteiger partial charge in [0.25, 0.3) is 0 Å². The molecule has 0 amide bonds. The number of phosphoric acid groups is 1. The number of hydrogen-bond acceptors (Lipinski definition) is 7. The van der Waals surface area contributed by atoms with Crippen LogP contribution < -0.4 is 0 Å². The smallest absolute Gasteiger partial charge is 0.292 e. The largest absolute Gasteiger partial charge is 0.550 e. The molecule has 24 heavy (non-hydrogen) atoms. The van der Waals surface area contributed by atoms with E-state index in [1.807, 2.05) is 0 Å².